The lowest BCUT2D eigenvalue weighted by atomic mass is 9.99. The Bertz CT molecular complexity index is 1130. The maximum Gasteiger partial charge on any atom is 0.274 e. The second kappa shape index (κ2) is 12.4. The summed E-state index contributed by atoms with van der Waals surface area (Å²) >= 11 is 0. The third kappa shape index (κ3) is 6.80. The van der Waals surface area contributed by atoms with E-state index in [0.717, 1.165) is 40.9 Å². The van der Waals surface area contributed by atoms with E-state index in [2.05, 4.69) is 21.7 Å². The van der Waals surface area contributed by atoms with Crippen molar-refractivity contribution in [1.82, 2.24) is 10.3 Å². The van der Waals surface area contributed by atoms with Gasteiger partial charge in [0.25, 0.3) is 5.91 Å². The van der Waals surface area contributed by atoms with Crippen molar-refractivity contribution in [2.45, 2.75) is 33.4 Å². The number of aryl methyl sites for hydroxylation is 2. The molecule has 7 nitrogen and oxygen atoms in total. The molecule has 1 heterocycles. The molecular formula is C27H30N4O3. The normalized spacial score (nSPS) is 10.4. The number of aromatic nitrogens is 1. The zero-order chi connectivity index (χ0) is 24.3. The van der Waals surface area contributed by atoms with Crippen LogP contribution in [0.3, 0.4) is 0 Å². The molecule has 0 aliphatic heterocycles. The van der Waals surface area contributed by atoms with Gasteiger partial charge in [0.15, 0.2) is 11.4 Å². The van der Waals surface area contributed by atoms with Gasteiger partial charge in [0, 0.05) is 32.9 Å². The van der Waals surface area contributed by atoms with Crippen LogP contribution < -0.4 is 15.4 Å². The first-order chi connectivity index (χ1) is 16.5. The van der Waals surface area contributed by atoms with Crippen LogP contribution in [0.4, 0.5) is 5.69 Å². The average molecular weight is 459 g/mol. The second-order valence-electron chi connectivity index (χ2n) is 8.00. The van der Waals surface area contributed by atoms with Gasteiger partial charge in [-0.2, -0.15) is 5.26 Å². The van der Waals surface area contributed by atoms with Crippen molar-refractivity contribution in [3.05, 3.63) is 88.2 Å². The van der Waals surface area contributed by atoms with Gasteiger partial charge in [-0.25, -0.2) is 4.98 Å². The van der Waals surface area contributed by atoms with Crippen LogP contribution in [0.25, 0.3) is 0 Å². The summed E-state index contributed by atoms with van der Waals surface area (Å²) in [5, 5.41) is 15.4. The topological polar surface area (TPSA) is 96.3 Å². The van der Waals surface area contributed by atoms with Crippen LogP contribution in [0.15, 0.2) is 54.7 Å². The predicted molar refractivity (Wildman–Crippen MR) is 132 cm³/mol. The third-order valence-corrected chi connectivity index (χ3v) is 5.41. The number of rotatable bonds is 11. The number of carbonyl (C=O) groups excluding carboxylic acids is 1. The Kier molecular flexibility index (Phi) is 9.01. The first-order valence-corrected chi connectivity index (χ1v) is 11.2. The van der Waals surface area contributed by atoms with Crippen LogP contribution >= 0.6 is 0 Å². The summed E-state index contributed by atoms with van der Waals surface area (Å²) in [7, 11) is 1.67. The van der Waals surface area contributed by atoms with E-state index in [4.69, 9.17) is 14.7 Å². The molecule has 1 amide bonds. The maximum absolute atomic E-state index is 13.1. The summed E-state index contributed by atoms with van der Waals surface area (Å²) in [5.74, 6) is 0.0866. The van der Waals surface area contributed by atoms with Crippen LogP contribution in [0, 0.1) is 25.2 Å². The van der Waals surface area contributed by atoms with E-state index in [9.17, 15) is 4.79 Å². The number of carbonyl (C=O) groups is 1. The summed E-state index contributed by atoms with van der Waals surface area (Å²) in [6, 6.07) is 17.4. The Morgan fingerprint density at radius 1 is 1.12 bits per heavy atom. The Labute approximate surface area is 200 Å². The molecule has 2 aromatic carbocycles. The molecule has 3 aromatic rings. The van der Waals surface area contributed by atoms with Gasteiger partial charge < -0.3 is 20.1 Å². The van der Waals surface area contributed by atoms with Gasteiger partial charge in [0.1, 0.15) is 6.61 Å². The fourth-order valence-corrected chi connectivity index (χ4v) is 3.60. The molecule has 0 radical (unpaired) electrons. The van der Waals surface area contributed by atoms with Crippen LogP contribution in [0.2, 0.25) is 0 Å². The monoisotopic (exact) mass is 458 g/mol. The van der Waals surface area contributed by atoms with Crippen molar-refractivity contribution in [2.24, 2.45) is 0 Å². The number of benzene rings is 2. The van der Waals surface area contributed by atoms with Gasteiger partial charge in [0.2, 0.25) is 0 Å². The summed E-state index contributed by atoms with van der Waals surface area (Å²) < 4.78 is 11.1. The smallest absolute Gasteiger partial charge is 0.274 e. The number of anilines is 1. The molecule has 0 saturated heterocycles. The Morgan fingerprint density at radius 3 is 2.53 bits per heavy atom. The molecule has 0 unspecified atom stereocenters. The lowest BCUT2D eigenvalue weighted by Gasteiger charge is -2.15. The van der Waals surface area contributed by atoms with E-state index in [0.29, 0.717) is 31.1 Å². The Morgan fingerprint density at radius 2 is 1.85 bits per heavy atom. The second-order valence-corrected chi connectivity index (χ2v) is 8.00. The van der Waals surface area contributed by atoms with Crippen molar-refractivity contribution in [2.75, 3.05) is 25.6 Å². The number of ether oxygens (including phenoxy) is 2. The molecule has 0 atom stereocenters. The van der Waals surface area contributed by atoms with E-state index in [-0.39, 0.29) is 11.6 Å². The van der Waals surface area contributed by atoms with Gasteiger partial charge >= 0.3 is 0 Å². The average Bonchev–Trinajstić information content (AvgIpc) is 2.85. The molecule has 176 valence electrons. The lowest BCUT2D eigenvalue weighted by Crippen LogP contribution is -2.25. The molecule has 2 N–H and O–H groups in total. The fraction of sp³-hybridized carbons (Fsp3) is 0.296. The molecule has 34 heavy (non-hydrogen) atoms. The minimum absolute atomic E-state index is 0.224. The summed E-state index contributed by atoms with van der Waals surface area (Å²) in [6.45, 7) is 5.91. The molecule has 0 aliphatic rings. The number of hydrogen-bond donors (Lipinski definition) is 2. The molecule has 3 rings (SSSR count). The van der Waals surface area contributed by atoms with Crippen LogP contribution in [0.1, 0.15) is 44.7 Å². The van der Waals surface area contributed by atoms with Crippen LogP contribution in [0.5, 0.6) is 5.75 Å². The highest BCUT2D eigenvalue weighted by Crippen LogP contribution is 2.23. The number of pyridine rings is 1. The molecule has 0 saturated carbocycles. The van der Waals surface area contributed by atoms with Gasteiger partial charge in [-0.1, -0.05) is 30.3 Å². The highest BCUT2D eigenvalue weighted by molar-refractivity contribution is 5.95. The molecule has 0 fully saturated rings. The number of nitriles is 1. The standard InChI is InChI=1S/C27H30N4O3/c1-19-12-22(15-28)13-20(2)24(19)17-31-27(32)26-25(34-18-21-8-5-4-6-9-21)14-23(16-30-26)29-10-7-11-33-3/h4-6,8-9,12-14,16,29H,7,10-11,17-18H2,1-3H3,(H,31,32). The highest BCUT2D eigenvalue weighted by Gasteiger charge is 2.17. The zero-order valence-electron chi connectivity index (χ0n) is 19.9. The number of hydrogen-bond acceptors (Lipinski definition) is 6. The van der Waals surface area contributed by atoms with Gasteiger partial charge in [-0.3, -0.25) is 4.79 Å². The minimum Gasteiger partial charge on any atom is -0.486 e. The van der Waals surface area contributed by atoms with E-state index >= 15 is 0 Å². The predicted octanol–water partition coefficient (Wildman–Crippen LogP) is 4.53. The van der Waals surface area contributed by atoms with Crippen molar-refractivity contribution < 1.29 is 14.3 Å². The first kappa shape index (κ1) is 24.7. The molecular weight excluding hydrogens is 428 g/mol. The molecule has 1 aromatic heterocycles. The zero-order valence-corrected chi connectivity index (χ0v) is 19.9. The van der Waals surface area contributed by atoms with Crippen LogP contribution in [-0.2, 0) is 17.9 Å². The number of amides is 1. The van der Waals surface area contributed by atoms with E-state index in [1.807, 2.05) is 56.3 Å². The maximum atomic E-state index is 13.1. The third-order valence-electron chi connectivity index (χ3n) is 5.41. The van der Waals surface area contributed by atoms with Crippen molar-refractivity contribution in [3.8, 4) is 11.8 Å². The molecule has 0 aliphatic carbocycles. The number of methoxy groups -OCH3 is 1. The van der Waals surface area contributed by atoms with Crippen molar-refractivity contribution in [3.63, 3.8) is 0 Å². The summed E-state index contributed by atoms with van der Waals surface area (Å²) in [5.41, 5.74) is 5.50. The highest BCUT2D eigenvalue weighted by atomic mass is 16.5. The van der Waals surface area contributed by atoms with Gasteiger partial charge in [0.05, 0.1) is 23.5 Å². The van der Waals surface area contributed by atoms with E-state index in [1.54, 1.807) is 19.4 Å². The fourth-order valence-electron chi connectivity index (χ4n) is 3.60. The molecule has 0 bridgehead atoms. The van der Waals surface area contributed by atoms with Crippen molar-refractivity contribution >= 4 is 11.6 Å². The van der Waals surface area contributed by atoms with Gasteiger partial charge in [-0.15, -0.1) is 0 Å². The SMILES string of the molecule is COCCCNc1cnc(C(=O)NCc2c(C)cc(C#N)cc2C)c(OCc2ccccc2)c1. The first-order valence-electron chi connectivity index (χ1n) is 11.2. The quantitative estimate of drug-likeness (QED) is 0.410. The van der Waals surface area contributed by atoms with E-state index in [1.165, 1.54) is 0 Å². The number of nitrogens with zero attached hydrogens (tertiary/aromatic N) is 2. The Balaban J connectivity index is 1.76. The van der Waals surface area contributed by atoms with Crippen LogP contribution in [-0.4, -0.2) is 31.2 Å². The van der Waals surface area contributed by atoms with Gasteiger partial charge in [-0.05, 0) is 54.7 Å². The molecule has 7 heteroatoms. The largest absolute Gasteiger partial charge is 0.486 e. The summed E-state index contributed by atoms with van der Waals surface area (Å²) in [6.07, 6.45) is 2.48. The molecule has 0 spiro atoms. The summed E-state index contributed by atoms with van der Waals surface area (Å²) in [4.78, 5) is 17.5. The van der Waals surface area contributed by atoms with E-state index < -0.39 is 0 Å². The minimum atomic E-state index is -0.322. The number of nitrogens with one attached hydrogen (secondary N) is 2. The Hall–Kier alpha value is -3.89. The van der Waals surface area contributed by atoms with Crippen molar-refractivity contribution in [1.29, 1.82) is 5.26 Å². The lowest BCUT2D eigenvalue weighted by molar-refractivity contribution is 0.0941.